The van der Waals surface area contributed by atoms with Gasteiger partial charge in [-0.1, -0.05) is 23.8 Å². The normalized spacial score (nSPS) is 15.0. The van der Waals surface area contributed by atoms with E-state index in [1.54, 1.807) is 0 Å². The minimum absolute atomic E-state index is 0.0309. The molecular weight excluding hydrogens is 314 g/mol. The van der Waals surface area contributed by atoms with E-state index >= 15 is 0 Å². The van der Waals surface area contributed by atoms with Gasteiger partial charge in [-0.05, 0) is 64.3 Å². The molecule has 0 aliphatic carbocycles. The molecule has 2 aromatic rings. The highest BCUT2D eigenvalue weighted by Crippen LogP contribution is 2.39. The second-order valence-electron chi connectivity index (χ2n) is 7.24. The summed E-state index contributed by atoms with van der Waals surface area (Å²) in [5, 5.41) is 2.84. The monoisotopic (exact) mass is 339 g/mol. The van der Waals surface area contributed by atoms with Gasteiger partial charge in [0.2, 0.25) is 0 Å². The average molecular weight is 339 g/mol. The van der Waals surface area contributed by atoms with Crippen molar-refractivity contribution < 1.29 is 14.3 Å². The number of nitrogens with one attached hydrogen (secondary N) is 1. The summed E-state index contributed by atoms with van der Waals surface area (Å²) in [5.41, 5.74) is 3.91. The second-order valence-corrected chi connectivity index (χ2v) is 7.24. The molecule has 0 radical (unpaired) electrons. The van der Waals surface area contributed by atoms with Crippen LogP contribution in [0.25, 0.3) is 0 Å². The first-order chi connectivity index (χ1) is 11.8. The first kappa shape index (κ1) is 17.3. The molecule has 2 aromatic carbocycles. The summed E-state index contributed by atoms with van der Waals surface area (Å²) in [7, 11) is 0. The summed E-state index contributed by atoms with van der Waals surface area (Å²) in [6.45, 7) is 8.15. The molecule has 3 rings (SSSR count). The van der Waals surface area contributed by atoms with Gasteiger partial charge in [0.15, 0.2) is 6.61 Å². The number of amides is 1. The van der Waals surface area contributed by atoms with Gasteiger partial charge >= 0.3 is 0 Å². The Bertz CT molecular complexity index is 778. The molecule has 0 fully saturated rings. The fourth-order valence-corrected chi connectivity index (χ4v) is 2.97. The van der Waals surface area contributed by atoms with Crippen molar-refractivity contribution in [1.82, 2.24) is 0 Å². The van der Waals surface area contributed by atoms with E-state index in [-0.39, 0.29) is 18.1 Å². The number of carbonyl (C=O) groups excluding carboxylic acids is 1. The fourth-order valence-electron chi connectivity index (χ4n) is 2.97. The number of fused-ring (bicyclic) bond motifs is 1. The molecule has 4 nitrogen and oxygen atoms in total. The molecule has 1 N–H and O–H groups in total. The SMILES string of the molecule is Cc1ccc(NC(=O)COc2ccc3c(c2C)OC(C)(C)CC3)cc1. The van der Waals surface area contributed by atoms with Crippen LogP contribution in [0.3, 0.4) is 0 Å². The maximum absolute atomic E-state index is 12.1. The molecule has 0 saturated heterocycles. The lowest BCUT2D eigenvalue weighted by atomic mass is 9.93. The largest absolute Gasteiger partial charge is 0.487 e. The molecule has 1 heterocycles. The fraction of sp³-hybridized carbons (Fsp3) is 0.381. The maximum Gasteiger partial charge on any atom is 0.262 e. The third-order valence-corrected chi connectivity index (χ3v) is 4.51. The number of aryl methyl sites for hydroxylation is 2. The molecule has 0 saturated carbocycles. The van der Waals surface area contributed by atoms with Crippen molar-refractivity contribution in [2.45, 2.75) is 46.1 Å². The lowest BCUT2D eigenvalue weighted by Crippen LogP contribution is -2.33. The molecular formula is C21H25NO3. The number of hydrogen-bond acceptors (Lipinski definition) is 3. The Morgan fingerprint density at radius 2 is 1.88 bits per heavy atom. The molecule has 0 atom stereocenters. The number of ether oxygens (including phenoxy) is 2. The van der Waals surface area contributed by atoms with Crippen LogP contribution in [0, 0.1) is 13.8 Å². The van der Waals surface area contributed by atoms with Crippen molar-refractivity contribution in [3.05, 3.63) is 53.1 Å². The summed E-state index contributed by atoms with van der Waals surface area (Å²) in [4.78, 5) is 12.1. The Balaban J connectivity index is 1.65. The number of rotatable bonds is 4. The molecule has 0 unspecified atom stereocenters. The highest BCUT2D eigenvalue weighted by Gasteiger charge is 2.28. The van der Waals surface area contributed by atoms with Gasteiger partial charge in [0.05, 0.1) is 0 Å². The Hall–Kier alpha value is -2.49. The minimum Gasteiger partial charge on any atom is -0.487 e. The lowest BCUT2D eigenvalue weighted by molar-refractivity contribution is -0.118. The lowest BCUT2D eigenvalue weighted by Gasteiger charge is -2.34. The summed E-state index contributed by atoms with van der Waals surface area (Å²) in [6, 6.07) is 11.6. The van der Waals surface area contributed by atoms with Crippen LogP contribution in [-0.2, 0) is 11.2 Å². The van der Waals surface area contributed by atoms with E-state index in [1.807, 2.05) is 50.2 Å². The molecule has 0 aromatic heterocycles. The highest BCUT2D eigenvalue weighted by atomic mass is 16.5. The van der Waals surface area contributed by atoms with Gasteiger partial charge in [-0.25, -0.2) is 0 Å². The molecule has 4 heteroatoms. The first-order valence-electron chi connectivity index (χ1n) is 8.65. The van der Waals surface area contributed by atoms with Crippen LogP contribution < -0.4 is 14.8 Å². The van der Waals surface area contributed by atoms with Gasteiger partial charge in [0, 0.05) is 11.3 Å². The zero-order valence-corrected chi connectivity index (χ0v) is 15.3. The molecule has 1 amide bonds. The third-order valence-electron chi connectivity index (χ3n) is 4.51. The average Bonchev–Trinajstić information content (AvgIpc) is 2.56. The van der Waals surface area contributed by atoms with Gasteiger partial charge in [-0.15, -0.1) is 0 Å². The molecule has 25 heavy (non-hydrogen) atoms. The number of carbonyl (C=O) groups is 1. The Labute approximate surface area is 149 Å². The van der Waals surface area contributed by atoms with Gasteiger partial charge in [-0.2, -0.15) is 0 Å². The van der Waals surface area contributed by atoms with E-state index in [0.29, 0.717) is 5.75 Å². The van der Waals surface area contributed by atoms with E-state index in [2.05, 4.69) is 19.2 Å². The summed E-state index contributed by atoms with van der Waals surface area (Å²) in [6.07, 6.45) is 2.00. The molecule has 1 aliphatic rings. The smallest absolute Gasteiger partial charge is 0.262 e. The van der Waals surface area contributed by atoms with E-state index in [0.717, 1.165) is 35.4 Å². The minimum atomic E-state index is -0.178. The Kier molecular flexibility index (Phi) is 4.71. The summed E-state index contributed by atoms with van der Waals surface area (Å²) < 4.78 is 11.9. The van der Waals surface area contributed by atoms with Gasteiger partial charge < -0.3 is 14.8 Å². The molecule has 132 valence electrons. The summed E-state index contributed by atoms with van der Waals surface area (Å²) >= 11 is 0. The Morgan fingerprint density at radius 1 is 1.16 bits per heavy atom. The van der Waals surface area contributed by atoms with Gasteiger partial charge in [-0.3, -0.25) is 4.79 Å². The van der Waals surface area contributed by atoms with Crippen molar-refractivity contribution in [3.63, 3.8) is 0 Å². The quantitative estimate of drug-likeness (QED) is 0.897. The second kappa shape index (κ2) is 6.79. The zero-order chi connectivity index (χ0) is 18.0. The van der Waals surface area contributed by atoms with Gasteiger partial charge in [0.25, 0.3) is 5.91 Å². The number of anilines is 1. The Morgan fingerprint density at radius 3 is 2.60 bits per heavy atom. The van der Waals surface area contributed by atoms with Crippen LogP contribution in [0.2, 0.25) is 0 Å². The highest BCUT2D eigenvalue weighted by molar-refractivity contribution is 5.91. The van der Waals surface area contributed by atoms with E-state index in [4.69, 9.17) is 9.47 Å². The molecule has 0 spiro atoms. The van der Waals surface area contributed by atoms with Crippen LogP contribution in [0.4, 0.5) is 5.69 Å². The van der Waals surface area contributed by atoms with Gasteiger partial charge in [0.1, 0.15) is 17.1 Å². The maximum atomic E-state index is 12.1. The molecule has 0 bridgehead atoms. The van der Waals surface area contributed by atoms with Crippen LogP contribution in [0.5, 0.6) is 11.5 Å². The third kappa shape index (κ3) is 4.13. The van der Waals surface area contributed by atoms with Crippen LogP contribution in [-0.4, -0.2) is 18.1 Å². The first-order valence-corrected chi connectivity index (χ1v) is 8.65. The number of hydrogen-bond donors (Lipinski definition) is 1. The van der Waals surface area contributed by atoms with Crippen molar-refractivity contribution in [2.75, 3.05) is 11.9 Å². The predicted molar refractivity (Wildman–Crippen MR) is 99.5 cm³/mol. The van der Waals surface area contributed by atoms with E-state index in [9.17, 15) is 4.79 Å². The topological polar surface area (TPSA) is 47.6 Å². The predicted octanol–water partition coefficient (Wildman–Crippen LogP) is 4.42. The zero-order valence-electron chi connectivity index (χ0n) is 15.3. The standard InChI is InChI=1S/C21H25NO3/c1-14-5-8-17(9-6-14)22-19(23)13-24-18-10-7-16-11-12-21(3,4)25-20(16)15(18)2/h5-10H,11-13H2,1-4H3,(H,22,23). The van der Waals surface area contributed by atoms with Crippen LogP contribution in [0.15, 0.2) is 36.4 Å². The van der Waals surface area contributed by atoms with Crippen molar-refractivity contribution in [3.8, 4) is 11.5 Å². The summed E-state index contributed by atoms with van der Waals surface area (Å²) in [5.74, 6) is 1.41. The van der Waals surface area contributed by atoms with Crippen LogP contribution in [0.1, 0.15) is 37.0 Å². The van der Waals surface area contributed by atoms with Crippen molar-refractivity contribution >= 4 is 11.6 Å². The van der Waals surface area contributed by atoms with E-state index < -0.39 is 0 Å². The number of benzene rings is 2. The van der Waals surface area contributed by atoms with E-state index in [1.165, 1.54) is 5.56 Å². The van der Waals surface area contributed by atoms with Crippen molar-refractivity contribution in [1.29, 1.82) is 0 Å². The van der Waals surface area contributed by atoms with Crippen LogP contribution >= 0.6 is 0 Å². The molecule has 1 aliphatic heterocycles. The van der Waals surface area contributed by atoms with Crippen molar-refractivity contribution in [2.24, 2.45) is 0 Å².